The topological polar surface area (TPSA) is 86.9 Å². The average Bonchev–Trinajstić information content (AvgIpc) is 3.47. The summed E-state index contributed by atoms with van der Waals surface area (Å²) in [6.07, 6.45) is -2.10. The van der Waals surface area contributed by atoms with Crippen molar-refractivity contribution in [1.29, 1.82) is 0 Å². The van der Waals surface area contributed by atoms with E-state index >= 15 is 0 Å². The minimum atomic E-state index is -4.44. The summed E-state index contributed by atoms with van der Waals surface area (Å²) in [7, 11) is 0. The van der Waals surface area contributed by atoms with Gasteiger partial charge in [-0.2, -0.15) is 13.2 Å². The molecule has 0 radical (unpaired) electrons. The highest BCUT2D eigenvalue weighted by atomic mass is 19.4. The van der Waals surface area contributed by atoms with Gasteiger partial charge in [-0.15, -0.1) is 0 Å². The van der Waals surface area contributed by atoms with E-state index in [2.05, 4.69) is 20.6 Å². The summed E-state index contributed by atoms with van der Waals surface area (Å²) in [5.74, 6) is -0.456. The number of ketones is 1. The summed E-state index contributed by atoms with van der Waals surface area (Å²) in [5, 5.41) is 6.93. The smallest absolute Gasteiger partial charge is 0.374 e. The summed E-state index contributed by atoms with van der Waals surface area (Å²) in [5.41, 5.74) is 2.72. The minimum Gasteiger partial charge on any atom is -0.374 e. The highest BCUT2D eigenvalue weighted by Crippen LogP contribution is 2.30. The quantitative estimate of drug-likeness (QED) is 0.342. The first kappa shape index (κ1) is 22.6. The van der Waals surface area contributed by atoms with Crippen LogP contribution in [0.5, 0.6) is 0 Å². The van der Waals surface area contributed by atoms with E-state index in [0.717, 1.165) is 28.6 Å². The number of fused-ring (bicyclic) bond motifs is 1. The molecule has 0 aliphatic carbocycles. The Labute approximate surface area is 198 Å². The molecule has 3 N–H and O–H groups in total. The lowest BCUT2D eigenvalue weighted by Crippen LogP contribution is -2.29. The molecule has 3 heterocycles. The van der Waals surface area contributed by atoms with Gasteiger partial charge < -0.3 is 15.6 Å². The molecule has 0 saturated carbocycles. The second-order valence-electron chi connectivity index (χ2n) is 8.48. The Kier molecular flexibility index (Phi) is 5.76. The van der Waals surface area contributed by atoms with Crippen LogP contribution < -0.4 is 10.6 Å². The summed E-state index contributed by atoms with van der Waals surface area (Å²) in [6.45, 7) is 0.568. The first-order chi connectivity index (χ1) is 16.8. The zero-order chi connectivity index (χ0) is 24.6. The van der Waals surface area contributed by atoms with E-state index in [0.29, 0.717) is 29.9 Å². The molecule has 2 aromatic heterocycles. The largest absolute Gasteiger partial charge is 0.416 e. The number of hydrogen-bond donors (Lipinski definition) is 3. The van der Waals surface area contributed by atoms with Gasteiger partial charge in [-0.05, 0) is 54.4 Å². The number of halogens is 3. The number of anilines is 1. The number of nitrogens with one attached hydrogen (secondary N) is 3. The lowest BCUT2D eigenvalue weighted by molar-refractivity contribution is -0.137. The van der Waals surface area contributed by atoms with E-state index in [-0.39, 0.29) is 23.8 Å². The van der Waals surface area contributed by atoms with Crippen molar-refractivity contribution in [1.82, 2.24) is 15.3 Å². The molecule has 1 amide bonds. The number of aromatic amines is 1. The fourth-order valence-electron chi connectivity index (χ4n) is 4.14. The first-order valence-corrected chi connectivity index (χ1v) is 11.1. The third-order valence-corrected chi connectivity index (χ3v) is 6.00. The van der Waals surface area contributed by atoms with Gasteiger partial charge in [0.25, 0.3) is 0 Å². The van der Waals surface area contributed by atoms with Gasteiger partial charge in [-0.3, -0.25) is 9.59 Å². The van der Waals surface area contributed by atoms with E-state index in [4.69, 9.17) is 0 Å². The molecular formula is C26H21F3N4O2. The second-order valence-corrected chi connectivity index (χ2v) is 8.48. The minimum absolute atomic E-state index is 0.102. The molecule has 1 saturated heterocycles. The van der Waals surface area contributed by atoms with E-state index in [9.17, 15) is 22.8 Å². The van der Waals surface area contributed by atoms with Crippen LogP contribution in [0.2, 0.25) is 0 Å². The normalized spacial score (nSPS) is 15.9. The highest BCUT2D eigenvalue weighted by molar-refractivity contribution is 5.98. The van der Waals surface area contributed by atoms with Gasteiger partial charge in [-0.25, -0.2) is 4.98 Å². The predicted molar refractivity (Wildman–Crippen MR) is 126 cm³/mol. The Morgan fingerprint density at radius 2 is 1.86 bits per heavy atom. The third-order valence-electron chi connectivity index (χ3n) is 6.00. The molecule has 0 bridgehead atoms. The summed E-state index contributed by atoms with van der Waals surface area (Å²) in [6, 6.07) is 15.1. The van der Waals surface area contributed by atoms with Gasteiger partial charge in [0.15, 0.2) is 5.78 Å². The molecule has 6 nitrogen and oxygen atoms in total. The zero-order valence-electron chi connectivity index (χ0n) is 18.4. The fraction of sp³-hybridized carbons (Fsp3) is 0.192. The fourth-order valence-corrected chi connectivity index (χ4v) is 4.14. The molecule has 0 spiro atoms. The SMILES string of the molecule is O=C(Cc1ccc(C(F)(F)F)cc1)c1cc(N[C@H]2CCNC2=O)cc(-c2ccc3[nH]ccc3c2)n1. The van der Waals surface area contributed by atoms with Gasteiger partial charge >= 0.3 is 6.18 Å². The van der Waals surface area contributed by atoms with Crippen LogP contribution in [0.3, 0.4) is 0 Å². The van der Waals surface area contributed by atoms with Crippen molar-refractivity contribution in [2.24, 2.45) is 0 Å². The van der Waals surface area contributed by atoms with Crippen molar-refractivity contribution in [3.05, 3.63) is 83.7 Å². The molecule has 9 heteroatoms. The number of benzene rings is 2. The molecular weight excluding hydrogens is 457 g/mol. The summed E-state index contributed by atoms with van der Waals surface area (Å²) >= 11 is 0. The molecule has 0 unspecified atom stereocenters. The maximum absolute atomic E-state index is 13.1. The monoisotopic (exact) mass is 478 g/mol. The summed E-state index contributed by atoms with van der Waals surface area (Å²) in [4.78, 5) is 32.9. The molecule has 1 fully saturated rings. The van der Waals surface area contributed by atoms with Gasteiger partial charge in [-0.1, -0.05) is 18.2 Å². The number of hydrogen-bond acceptors (Lipinski definition) is 4. The molecule has 178 valence electrons. The van der Waals surface area contributed by atoms with Gasteiger partial charge in [0, 0.05) is 41.3 Å². The number of amides is 1. The number of aromatic nitrogens is 2. The van der Waals surface area contributed by atoms with Crippen molar-refractivity contribution in [2.45, 2.75) is 25.1 Å². The van der Waals surface area contributed by atoms with Crippen LogP contribution in [-0.4, -0.2) is 34.2 Å². The average molecular weight is 478 g/mol. The number of carbonyl (C=O) groups excluding carboxylic acids is 2. The van der Waals surface area contributed by atoms with Crippen LogP contribution in [0.1, 0.15) is 28.0 Å². The number of Topliss-reactive ketones (excluding diaryl/α,β-unsaturated/α-hetero) is 1. The van der Waals surface area contributed by atoms with Crippen LogP contribution in [0.4, 0.5) is 18.9 Å². The third kappa shape index (κ3) is 4.89. The van der Waals surface area contributed by atoms with E-state index < -0.39 is 17.8 Å². The predicted octanol–water partition coefficient (Wildman–Crippen LogP) is 4.97. The standard InChI is InChI=1S/C26H21F3N4O2/c27-26(28,29)18-4-1-15(2-5-18)11-24(34)23-14-19(32-21-8-10-31-25(21)35)13-22(33-23)16-3-6-20-17(12-16)7-9-30-20/h1-7,9,12-14,21,30H,8,10-11H2,(H,31,35)(H,32,33)/t21-/m0/s1. The van der Waals surface area contributed by atoms with Crippen LogP contribution >= 0.6 is 0 Å². The number of pyridine rings is 1. The maximum Gasteiger partial charge on any atom is 0.416 e. The molecule has 1 aliphatic rings. The lowest BCUT2D eigenvalue weighted by Gasteiger charge is -2.14. The molecule has 4 aromatic rings. The Bertz CT molecular complexity index is 1410. The van der Waals surface area contributed by atoms with Gasteiger partial charge in [0.05, 0.1) is 11.3 Å². The van der Waals surface area contributed by atoms with Crippen molar-refractivity contribution in [3.63, 3.8) is 0 Å². The number of nitrogens with zero attached hydrogens (tertiary/aromatic N) is 1. The first-order valence-electron chi connectivity index (χ1n) is 11.1. The zero-order valence-corrected chi connectivity index (χ0v) is 18.4. The van der Waals surface area contributed by atoms with Crippen LogP contribution in [0, 0.1) is 0 Å². The molecule has 1 aliphatic heterocycles. The molecule has 35 heavy (non-hydrogen) atoms. The molecule has 2 aromatic carbocycles. The highest BCUT2D eigenvalue weighted by Gasteiger charge is 2.30. The van der Waals surface area contributed by atoms with E-state index in [1.165, 1.54) is 12.1 Å². The number of alkyl halides is 3. The van der Waals surface area contributed by atoms with E-state index in [1.54, 1.807) is 12.1 Å². The number of H-pyrrole nitrogens is 1. The summed E-state index contributed by atoms with van der Waals surface area (Å²) < 4.78 is 38.6. The second kappa shape index (κ2) is 8.90. The van der Waals surface area contributed by atoms with Crippen molar-refractivity contribution < 1.29 is 22.8 Å². The number of rotatable bonds is 6. The molecule has 1 atom stereocenters. The van der Waals surface area contributed by atoms with Crippen LogP contribution in [0.15, 0.2) is 66.9 Å². The molecule has 5 rings (SSSR count). The van der Waals surface area contributed by atoms with Crippen molar-refractivity contribution in [2.75, 3.05) is 11.9 Å². The van der Waals surface area contributed by atoms with Crippen LogP contribution in [-0.2, 0) is 17.4 Å². The van der Waals surface area contributed by atoms with Crippen molar-refractivity contribution in [3.8, 4) is 11.3 Å². The Morgan fingerprint density at radius 1 is 1.06 bits per heavy atom. The van der Waals surface area contributed by atoms with Crippen molar-refractivity contribution >= 4 is 28.3 Å². The van der Waals surface area contributed by atoms with Gasteiger partial charge in [0.2, 0.25) is 5.91 Å². The maximum atomic E-state index is 13.1. The van der Waals surface area contributed by atoms with Crippen LogP contribution in [0.25, 0.3) is 22.2 Å². The van der Waals surface area contributed by atoms with Gasteiger partial charge in [0.1, 0.15) is 11.7 Å². The Morgan fingerprint density at radius 3 is 2.57 bits per heavy atom. The Balaban J connectivity index is 1.47. The lowest BCUT2D eigenvalue weighted by atomic mass is 10.0. The number of carbonyl (C=O) groups is 2. The van der Waals surface area contributed by atoms with E-state index in [1.807, 2.05) is 30.5 Å². The Hall–Kier alpha value is -4.14.